The van der Waals surface area contributed by atoms with Crippen LogP contribution in [0.5, 0.6) is 5.88 Å². The highest BCUT2D eigenvalue weighted by molar-refractivity contribution is 5.55. The van der Waals surface area contributed by atoms with Crippen molar-refractivity contribution in [3.8, 4) is 11.9 Å². The Labute approximate surface area is 118 Å². The van der Waals surface area contributed by atoms with E-state index in [0.717, 1.165) is 30.8 Å². The number of ether oxygens (including phenoxy) is 1. The summed E-state index contributed by atoms with van der Waals surface area (Å²) in [6.45, 7) is 5.98. The van der Waals surface area contributed by atoms with Crippen LogP contribution in [0.2, 0.25) is 0 Å². The predicted molar refractivity (Wildman–Crippen MR) is 73.7 cm³/mol. The van der Waals surface area contributed by atoms with Gasteiger partial charge in [0.25, 0.3) is 0 Å². The molecule has 6 nitrogen and oxygen atoms in total. The number of allylic oxidation sites excluding steroid dienone is 1. The highest BCUT2D eigenvalue weighted by Gasteiger charge is 2.52. The lowest BCUT2D eigenvalue weighted by atomic mass is 9.61. The zero-order valence-corrected chi connectivity index (χ0v) is 12.0. The lowest BCUT2D eigenvalue weighted by Gasteiger charge is -2.47. The molecule has 2 aliphatic heterocycles. The minimum Gasteiger partial charge on any atom is -0.420 e. The molecule has 0 radical (unpaired) electrons. The van der Waals surface area contributed by atoms with Crippen LogP contribution in [0, 0.1) is 24.2 Å². The normalized spacial score (nSPS) is 30.0. The summed E-state index contributed by atoms with van der Waals surface area (Å²) in [5, 5.41) is 16.8. The van der Waals surface area contributed by atoms with Gasteiger partial charge in [-0.3, -0.25) is 5.10 Å². The van der Waals surface area contributed by atoms with E-state index in [1.54, 1.807) is 0 Å². The first-order chi connectivity index (χ1) is 9.50. The summed E-state index contributed by atoms with van der Waals surface area (Å²) in [4.78, 5) is 2.28. The Kier molecular flexibility index (Phi) is 2.76. The molecule has 1 aromatic rings. The van der Waals surface area contributed by atoms with E-state index < -0.39 is 0 Å². The number of hydrogen-bond acceptors (Lipinski definition) is 5. The number of likely N-dealkylation sites (tertiary alicyclic amines) is 1. The van der Waals surface area contributed by atoms with Crippen LogP contribution >= 0.6 is 0 Å². The number of rotatable bonds is 0. The first-order valence-corrected chi connectivity index (χ1v) is 6.83. The second-order valence-corrected chi connectivity index (χ2v) is 5.87. The summed E-state index contributed by atoms with van der Waals surface area (Å²) in [5.41, 5.74) is 8.11. The number of aromatic nitrogens is 2. The average molecular weight is 273 g/mol. The summed E-state index contributed by atoms with van der Waals surface area (Å²) in [6.07, 6.45) is 0.852. The molecule has 3 heterocycles. The van der Waals surface area contributed by atoms with Crippen LogP contribution in [0.25, 0.3) is 0 Å². The van der Waals surface area contributed by atoms with Crippen LogP contribution in [-0.2, 0) is 5.41 Å². The second-order valence-electron chi connectivity index (χ2n) is 5.87. The van der Waals surface area contributed by atoms with Gasteiger partial charge in [0, 0.05) is 23.2 Å². The van der Waals surface area contributed by atoms with Crippen LogP contribution in [0.4, 0.5) is 0 Å². The number of H-pyrrole nitrogens is 1. The maximum absolute atomic E-state index is 9.60. The van der Waals surface area contributed by atoms with Gasteiger partial charge in [-0.25, -0.2) is 0 Å². The number of nitrogens with one attached hydrogen (secondary N) is 1. The number of piperidine rings is 1. The third kappa shape index (κ3) is 1.50. The number of aromatic amines is 1. The van der Waals surface area contributed by atoms with Gasteiger partial charge in [-0.05, 0) is 32.9 Å². The quantitative estimate of drug-likeness (QED) is 0.736. The number of nitrogens with two attached hydrogens (primary N) is 1. The van der Waals surface area contributed by atoms with Gasteiger partial charge in [0.1, 0.15) is 11.6 Å². The summed E-state index contributed by atoms with van der Waals surface area (Å²) in [6, 6.07) is 2.29. The van der Waals surface area contributed by atoms with Gasteiger partial charge in [-0.1, -0.05) is 6.92 Å². The van der Waals surface area contributed by atoms with Gasteiger partial charge in [-0.2, -0.15) is 5.26 Å². The Morgan fingerprint density at radius 3 is 3.00 bits per heavy atom. The van der Waals surface area contributed by atoms with Gasteiger partial charge < -0.3 is 15.4 Å². The van der Waals surface area contributed by atoms with Crippen molar-refractivity contribution in [2.75, 3.05) is 20.1 Å². The van der Waals surface area contributed by atoms with Crippen molar-refractivity contribution in [1.29, 1.82) is 5.26 Å². The van der Waals surface area contributed by atoms with Gasteiger partial charge >= 0.3 is 0 Å². The van der Waals surface area contributed by atoms with E-state index in [-0.39, 0.29) is 17.2 Å². The molecule has 0 amide bonds. The molecule has 2 aliphatic rings. The number of nitrogens with zero attached hydrogens (tertiary/aromatic N) is 3. The molecule has 1 spiro atoms. The summed E-state index contributed by atoms with van der Waals surface area (Å²) in [7, 11) is 2.10. The van der Waals surface area contributed by atoms with Crippen LogP contribution in [0.15, 0.2) is 11.5 Å². The summed E-state index contributed by atoms with van der Waals surface area (Å²) in [5.74, 6) is 0.992. The molecule has 1 saturated heterocycles. The molecule has 0 bridgehead atoms. The lowest BCUT2D eigenvalue weighted by molar-refractivity contribution is 0.135. The van der Waals surface area contributed by atoms with Crippen molar-refractivity contribution in [2.45, 2.75) is 25.7 Å². The smallest absolute Gasteiger partial charge is 0.244 e. The molecule has 1 aromatic heterocycles. The molecule has 0 saturated carbocycles. The van der Waals surface area contributed by atoms with Crippen molar-refractivity contribution in [3.63, 3.8) is 0 Å². The third-order valence-electron chi connectivity index (χ3n) is 4.69. The van der Waals surface area contributed by atoms with E-state index in [0.29, 0.717) is 11.5 Å². The van der Waals surface area contributed by atoms with Crippen LogP contribution in [-0.4, -0.2) is 35.2 Å². The van der Waals surface area contributed by atoms with Crippen molar-refractivity contribution < 1.29 is 4.74 Å². The van der Waals surface area contributed by atoms with E-state index in [9.17, 15) is 5.26 Å². The van der Waals surface area contributed by atoms with Gasteiger partial charge in [-0.15, -0.1) is 5.10 Å². The van der Waals surface area contributed by atoms with Crippen molar-refractivity contribution in [1.82, 2.24) is 15.1 Å². The Balaban J connectivity index is 2.25. The Morgan fingerprint density at radius 1 is 1.60 bits per heavy atom. The van der Waals surface area contributed by atoms with Crippen LogP contribution in [0.1, 0.15) is 24.6 Å². The fourth-order valence-electron chi connectivity index (χ4n) is 3.73. The molecular formula is C14H19N5O. The van der Waals surface area contributed by atoms with Gasteiger partial charge in [0.05, 0.1) is 0 Å². The van der Waals surface area contributed by atoms with Crippen LogP contribution in [0.3, 0.4) is 0 Å². The molecule has 3 rings (SSSR count). The zero-order valence-electron chi connectivity index (χ0n) is 12.0. The van der Waals surface area contributed by atoms with E-state index in [2.05, 4.69) is 35.1 Å². The second kappa shape index (κ2) is 4.25. The molecular weight excluding hydrogens is 254 g/mol. The molecule has 1 fully saturated rings. The Hall–Kier alpha value is -2.00. The monoisotopic (exact) mass is 273 g/mol. The Bertz CT molecular complexity index is 626. The molecule has 2 atom stereocenters. The maximum Gasteiger partial charge on any atom is 0.244 e. The van der Waals surface area contributed by atoms with Crippen LogP contribution < -0.4 is 10.5 Å². The topological polar surface area (TPSA) is 91.0 Å². The minimum absolute atomic E-state index is 0.197. The Morgan fingerprint density at radius 2 is 2.35 bits per heavy atom. The summed E-state index contributed by atoms with van der Waals surface area (Å²) < 4.78 is 5.54. The highest BCUT2D eigenvalue weighted by atomic mass is 16.5. The molecule has 6 heteroatoms. The van der Waals surface area contributed by atoms with E-state index in [1.165, 1.54) is 0 Å². The molecule has 106 valence electrons. The number of hydrogen-bond donors (Lipinski definition) is 2. The SMILES string of the molecule is Cc1[nH]nc2c1C1(CCN(C)C[C@@H]1C)C(C#N)=C(N)O2. The zero-order chi connectivity index (χ0) is 14.5. The van der Waals surface area contributed by atoms with Crippen molar-refractivity contribution in [2.24, 2.45) is 11.7 Å². The third-order valence-corrected chi connectivity index (χ3v) is 4.69. The first-order valence-electron chi connectivity index (χ1n) is 6.83. The van der Waals surface area contributed by atoms with E-state index >= 15 is 0 Å². The molecule has 0 aromatic carbocycles. The number of fused-ring (bicyclic) bond motifs is 2. The average Bonchev–Trinajstić information content (AvgIpc) is 2.76. The first kappa shape index (κ1) is 13.0. The number of aryl methyl sites for hydroxylation is 1. The maximum atomic E-state index is 9.60. The van der Waals surface area contributed by atoms with Crippen molar-refractivity contribution >= 4 is 0 Å². The highest BCUT2D eigenvalue weighted by Crippen LogP contribution is 2.51. The molecule has 3 N–H and O–H groups in total. The predicted octanol–water partition coefficient (Wildman–Crippen LogP) is 1.01. The fourth-order valence-corrected chi connectivity index (χ4v) is 3.73. The number of nitriles is 1. The van der Waals surface area contributed by atoms with Gasteiger partial charge in [0.2, 0.25) is 11.8 Å². The standard InChI is InChI=1S/C14H19N5O/c1-8-7-19(3)5-4-14(8)10(6-15)12(16)20-13-11(14)9(2)17-18-13/h8H,4-5,7,16H2,1-3H3,(H,17,18)/t8-,14?/m0/s1. The fraction of sp³-hybridized carbons (Fsp3) is 0.571. The molecule has 20 heavy (non-hydrogen) atoms. The molecule has 1 unspecified atom stereocenters. The largest absolute Gasteiger partial charge is 0.420 e. The van der Waals surface area contributed by atoms with Crippen molar-refractivity contribution in [3.05, 3.63) is 22.7 Å². The lowest BCUT2D eigenvalue weighted by Crippen LogP contribution is -2.51. The van der Waals surface area contributed by atoms with E-state index in [4.69, 9.17) is 10.5 Å². The summed E-state index contributed by atoms with van der Waals surface area (Å²) >= 11 is 0. The van der Waals surface area contributed by atoms with Gasteiger partial charge in [0.15, 0.2) is 0 Å². The molecule has 0 aliphatic carbocycles. The van der Waals surface area contributed by atoms with E-state index in [1.807, 2.05) is 6.92 Å². The minimum atomic E-state index is -0.379.